The van der Waals surface area contributed by atoms with E-state index < -0.39 is 6.10 Å². The molecule has 1 aromatic carbocycles. The molecule has 2 heterocycles. The first-order valence-electron chi connectivity index (χ1n) is 8.47. The second-order valence-corrected chi connectivity index (χ2v) is 6.50. The molecule has 23 heavy (non-hydrogen) atoms. The average molecular weight is 316 g/mol. The van der Waals surface area contributed by atoms with Crippen LogP contribution in [0.2, 0.25) is 0 Å². The van der Waals surface area contributed by atoms with E-state index in [4.69, 9.17) is 0 Å². The number of aliphatic hydroxyl groups excluding tert-OH is 1. The van der Waals surface area contributed by atoms with Gasteiger partial charge in [0.2, 0.25) is 5.91 Å². The Balaban J connectivity index is 1.83. The zero-order chi connectivity index (χ0) is 16.4. The molecule has 2 aliphatic heterocycles. The van der Waals surface area contributed by atoms with Crippen LogP contribution in [0.25, 0.3) is 0 Å². The number of carbonyl (C=O) groups excluding carboxylic acids is 2. The SMILES string of the molecule is CC(O)C1CCCCN1C(=O)c1cccc(N2CCCC2=O)c1. The standard InChI is InChI=1S/C18H24N2O3/c1-13(21)16-8-2-3-10-20(16)18(23)14-6-4-7-15(12-14)19-11-5-9-17(19)22/h4,6-7,12-13,16,21H,2-3,5,8-11H2,1H3. The Kier molecular flexibility index (Phi) is 4.66. The molecule has 2 unspecified atom stereocenters. The minimum atomic E-state index is -0.525. The van der Waals surface area contributed by atoms with Gasteiger partial charge in [0.1, 0.15) is 0 Å². The summed E-state index contributed by atoms with van der Waals surface area (Å²) >= 11 is 0. The molecule has 1 aromatic rings. The molecule has 0 bridgehead atoms. The molecule has 2 saturated heterocycles. The second kappa shape index (κ2) is 6.71. The van der Waals surface area contributed by atoms with Crippen molar-refractivity contribution in [2.45, 2.75) is 51.2 Å². The molecule has 3 rings (SSSR count). The molecule has 0 aliphatic carbocycles. The number of rotatable bonds is 3. The Morgan fingerprint density at radius 2 is 2.09 bits per heavy atom. The summed E-state index contributed by atoms with van der Waals surface area (Å²) in [6.07, 6.45) is 3.78. The molecule has 0 saturated carbocycles. The summed E-state index contributed by atoms with van der Waals surface area (Å²) < 4.78 is 0. The van der Waals surface area contributed by atoms with Gasteiger partial charge in [0.25, 0.3) is 5.91 Å². The minimum Gasteiger partial charge on any atom is -0.391 e. The van der Waals surface area contributed by atoms with Crippen LogP contribution in [0.4, 0.5) is 5.69 Å². The van der Waals surface area contributed by atoms with Crippen molar-refractivity contribution in [2.24, 2.45) is 0 Å². The Bertz CT molecular complexity index is 600. The molecular formula is C18H24N2O3. The van der Waals surface area contributed by atoms with Crippen molar-refractivity contribution < 1.29 is 14.7 Å². The summed E-state index contributed by atoms with van der Waals surface area (Å²) in [6, 6.07) is 7.19. The van der Waals surface area contributed by atoms with E-state index in [1.807, 2.05) is 12.1 Å². The minimum absolute atomic E-state index is 0.0518. The lowest BCUT2D eigenvalue weighted by Crippen LogP contribution is -2.48. The Hall–Kier alpha value is -1.88. The van der Waals surface area contributed by atoms with E-state index in [0.29, 0.717) is 18.5 Å². The van der Waals surface area contributed by atoms with E-state index in [2.05, 4.69) is 0 Å². The summed E-state index contributed by atoms with van der Waals surface area (Å²) in [5, 5.41) is 9.96. The monoisotopic (exact) mass is 316 g/mol. The van der Waals surface area contributed by atoms with Crippen molar-refractivity contribution in [3.05, 3.63) is 29.8 Å². The van der Waals surface area contributed by atoms with Gasteiger partial charge in [-0.2, -0.15) is 0 Å². The Morgan fingerprint density at radius 1 is 1.26 bits per heavy atom. The lowest BCUT2D eigenvalue weighted by Gasteiger charge is -2.37. The van der Waals surface area contributed by atoms with Crippen LogP contribution in [0, 0.1) is 0 Å². The van der Waals surface area contributed by atoms with Crippen LogP contribution in [0.15, 0.2) is 24.3 Å². The molecule has 1 N–H and O–H groups in total. The number of amides is 2. The van der Waals surface area contributed by atoms with Crippen LogP contribution in [-0.4, -0.2) is 47.1 Å². The summed E-state index contributed by atoms with van der Waals surface area (Å²) in [7, 11) is 0. The highest BCUT2D eigenvalue weighted by Gasteiger charge is 2.31. The molecule has 2 atom stereocenters. The number of benzene rings is 1. The number of anilines is 1. The molecule has 0 radical (unpaired) electrons. The van der Waals surface area contributed by atoms with Crippen molar-refractivity contribution in [2.75, 3.05) is 18.0 Å². The topological polar surface area (TPSA) is 60.9 Å². The number of hydrogen-bond acceptors (Lipinski definition) is 3. The first-order valence-corrected chi connectivity index (χ1v) is 8.47. The van der Waals surface area contributed by atoms with Crippen LogP contribution in [-0.2, 0) is 4.79 Å². The van der Waals surface area contributed by atoms with Gasteiger partial charge in [-0.1, -0.05) is 6.07 Å². The predicted octanol–water partition coefficient (Wildman–Crippen LogP) is 2.19. The van der Waals surface area contributed by atoms with Gasteiger partial charge in [-0.15, -0.1) is 0 Å². The molecule has 5 heteroatoms. The zero-order valence-electron chi connectivity index (χ0n) is 13.6. The molecule has 5 nitrogen and oxygen atoms in total. The predicted molar refractivity (Wildman–Crippen MR) is 88.4 cm³/mol. The maximum absolute atomic E-state index is 12.9. The van der Waals surface area contributed by atoms with E-state index in [9.17, 15) is 14.7 Å². The zero-order valence-corrected chi connectivity index (χ0v) is 13.6. The highest BCUT2D eigenvalue weighted by atomic mass is 16.3. The average Bonchev–Trinajstić information content (AvgIpc) is 3.00. The number of aliphatic hydroxyl groups is 1. The fourth-order valence-corrected chi connectivity index (χ4v) is 3.60. The number of piperidine rings is 1. The lowest BCUT2D eigenvalue weighted by molar-refractivity contribution is -0.117. The Labute approximate surface area is 136 Å². The van der Waals surface area contributed by atoms with Crippen LogP contribution in [0.5, 0.6) is 0 Å². The van der Waals surface area contributed by atoms with E-state index in [0.717, 1.165) is 37.9 Å². The lowest BCUT2D eigenvalue weighted by atomic mass is 9.97. The number of hydrogen-bond donors (Lipinski definition) is 1. The number of nitrogens with zero attached hydrogens (tertiary/aromatic N) is 2. The normalized spacial score (nSPS) is 23.2. The Morgan fingerprint density at radius 3 is 2.78 bits per heavy atom. The fourth-order valence-electron chi connectivity index (χ4n) is 3.60. The van der Waals surface area contributed by atoms with E-state index in [1.165, 1.54) is 0 Å². The van der Waals surface area contributed by atoms with Crippen molar-refractivity contribution in [3.63, 3.8) is 0 Å². The van der Waals surface area contributed by atoms with Crippen molar-refractivity contribution >= 4 is 17.5 Å². The van der Waals surface area contributed by atoms with Crippen molar-refractivity contribution in [1.29, 1.82) is 0 Å². The van der Waals surface area contributed by atoms with Crippen LogP contribution >= 0.6 is 0 Å². The third kappa shape index (κ3) is 3.24. The van der Waals surface area contributed by atoms with Crippen LogP contribution in [0.3, 0.4) is 0 Å². The molecule has 0 aromatic heterocycles. The largest absolute Gasteiger partial charge is 0.391 e. The number of likely N-dealkylation sites (tertiary alicyclic amines) is 1. The van der Waals surface area contributed by atoms with Gasteiger partial charge in [-0.25, -0.2) is 0 Å². The maximum atomic E-state index is 12.9. The van der Waals surface area contributed by atoms with Gasteiger partial charge in [0.15, 0.2) is 0 Å². The first-order chi connectivity index (χ1) is 11.1. The summed E-state index contributed by atoms with van der Waals surface area (Å²) in [5.74, 6) is 0.0681. The molecule has 124 valence electrons. The second-order valence-electron chi connectivity index (χ2n) is 6.50. The van der Waals surface area contributed by atoms with E-state index in [1.54, 1.807) is 28.9 Å². The van der Waals surface area contributed by atoms with Crippen LogP contribution in [0.1, 0.15) is 49.4 Å². The molecule has 0 spiro atoms. The molecule has 2 aliphatic rings. The highest BCUT2D eigenvalue weighted by Crippen LogP contribution is 2.26. The highest BCUT2D eigenvalue weighted by molar-refractivity contribution is 5.99. The maximum Gasteiger partial charge on any atom is 0.254 e. The summed E-state index contributed by atoms with van der Waals surface area (Å²) in [5.41, 5.74) is 1.39. The van der Waals surface area contributed by atoms with Gasteiger partial charge < -0.3 is 14.9 Å². The summed E-state index contributed by atoms with van der Waals surface area (Å²) in [4.78, 5) is 28.3. The van der Waals surface area contributed by atoms with Crippen molar-refractivity contribution in [3.8, 4) is 0 Å². The quantitative estimate of drug-likeness (QED) is 0.930. The van der Waals surface area contributed by atoms with E-state index in [-0.39, 0.29) is 17.9 Å². The number of carbonyl (C=O) groups is 2. The van der Waals surface area contributed by atoms with Crippen LogP contribution < -0.4 is 4.90 Å². The summed E-state index contributed by atoms with van der Waals surface area (Å²) in [6.45, 7) is 3.15. The van der Waals surface area contributed by atoms with Gasteiger partial charge in [-0.05, 0) is 50.8 Å². The smallest absolute Gasteiger partial charge is 0.254 e. The first kappa shape index (κ1) is 16.0. The van der Waals surface area contributed by atoms with Gasteiger partial charge in [-0.3, -0.25) is 9.59 Å². The third-order valence-corrected chi connectivity index (χ3v) is 4.85. The molecule has 2 amide bonds. The third-order valence-electron chi connectivity index (χ3n) is 4.85. The van der Waals surface area contributed by atoms with Crippen molar-refractivity contribution in [1.82, 2.24) is 4.90 Å². The molecular weight excluding hydrogens is 292 g/mol. The van der Waals surface area contributed by atoms with Gasteiger partial charge >= 0.3 is 0 Å². The van der Waals surface area contributed by atoms with Gasteiger partial charge in [0.05, 0.1) is 12.1 Å². The molecule has 2 fully saturated rings. The van der Waals surface area contributed by atoms with Gasteiger partial charge in [0, 0.05) is 30.8 Å². The van der Waals surface area contributed by atoms with E-state index >= 15 is 0 Å². The fraction of sp³-hybridized carbons (Fsp3) is 0.556.